The Balaban J connectivity index is 1.66. The highest BCUT2D eigenvalue weighted by atomic mass is 16.5. The quantitative estimate of drug-likeness (QED) is 0.904. The molecule has 5 heteroatoms. The fraction of sp³-hybridized carbons (Fsp3) is 0.812. The van der Waals surface area contributed by atoms with Crippen molar-refractivity contribution in [2.45, 2.75) is 63.7 Å². The number of piperidine rings is 2. The predicted molar refractivity (Wildman–Crippen MR) is 84.7 cm³/mol. The maximum absolute atomic E-state index is 5.19. The second-order valence-corrected chi connectivity index (χ2v) is 6.61. The summed E-state index contributed by atoms with van der Waals surface area (Å²) in [7, 11) is 4.05. The van der Waals surface area contributed by atoms with Crippen molar-refractivity contribution in [2.24, 2.45) is 0 Å². The van der Waals surface area contributed by atoms with Gasteiger partial charge in [-0.2, -0.15) is 0 Å². The van der Waals surface area contributed by atoms with Crippen LogP contribution in [0.25, 0.3) is 0 Å². The van der Waals surface area contributed by atoms with Crippen LogP contribution in [0.5, 0.6) is 0 Å². The highest BCUT2D eigenvalue weighted by molar-refractivity contribution is 5.31. The summed E-state index contributed by atoms with van der Waals surface area (Å²) in [6, 6.07) is 2.05. The summed E-state index contributed by atoms with van der Waals surface area (Å²) in [5.74, 6) is 1.01. The number of ether oxygens (including phenoxy) is 1. The van der Waals surface area contributed by atoms with Gasteiger partial charge in [0, 0.05) is 38.0 Å². The molecule has 0 aromatic carbocycles. The lowest BCUT2D eigenvalue weighted by Crippen LogP contribution is -2.53. The van der Waals surface area contributed by atoms with E-state index in [0.717, 1.165) is 36.9 Å². The Morgan fingerprint density at radius 1 is 1.33 bits per heavy atom. The van der Waals surface area contributed by atoms with Crippen molar-refractivity contribution >= 4 is 5.95 Å². The van der Waals surface area contributed by atoms with Gasteiger partial charge in [-0.3, -0.25) is 0 Å². The summed E-state index contributed by atoms with van der Waals surface area (Å²) in [5.41, 5.74) is 1.07. The molecule has 0 radical (unpaired) electrons. The van der Waals surface area contributed by atoms with Crippen LogP contribution in [0.4, 0.5) is 5.95 Å². The van der Waals surface area contributed by atoms with E-state index < -0.39 is 0 Å². The van der Waals surface area contributed by atoms with Crippen LogP contribution in [0.2, 0.25) is 0 Å². The first-order valence-electron chi connectivity index (χ1n) is 8.18. The molecule has 21 heavy (non-hydrogen) atoms. The molecule has 2 aliphatic heterocycles. The number of rotatable bonds is 5. The Hall–Kier alpha value is -1.07. The van der Waals surface area contributed by atoms with Crippen LogP contribution in [0.3, 0.4) is 0 Å². The summed E-state index contributed by atoms with van der Waals surface area (Å²) in [6.45, 7) is 3.64. The zero-order valence-corrected chi connectivity index (χ0v) is 13.5. The first-order valence-corrected chi connectivity index (χ1v) is 8.18. The van der Waals surface area contributed by atoms with Gasteiger partial charge >= 0.3 is 0 Å². The van der Waals surface area contributed by atoms with E-state index in [0.29, 0.717) is 6.04 Å². The van der Waals surface area contributed by atoms with Gasteiger partial charge in [-0.05, 0) is 39.7 Å². The molecule has 2 aliphatic rings. The number of methoxy groups -OCH3 is 1. The van der Waals surface area contributed by atoms with Gasteiger partial charge in [-0.1, -0.05) is 6.42 Å². The standard InChI is InChI=1S/C16H28N4O/c1-12-11-20(7-8-21-3)16(17-12)18-13-9-14-5-4-6-15(10-13)19(14)2/h11,13-15H,4-10H2,1-3H3,(H,17,18). The lowest BCUT2D eigenvalue weighted by Gasteiger charge is -2.47. The molecule has 2 atom stereocenters. The van der Waals surface area contributed by atoms with E-state index in [1.54, 1.807) is 7.11 Å². The minimum Gasteiger partial charge on any atom is -0.383 e. The van der Waals surface area contributed by atoms with E-state index in [1.165, 1.54) is 32.1 Å². The fourth-order valence-corrected chi connectivity index (χ4v) is 3.94. The summed E-state index contributed by atoms with van der Waals surface area (Å²) >= 11 is 0. The minimum atomic E-state index is 0.555. The molecule has 1 aromatic heterocycles. The van der Waals surface area contributed by atoms with Gasteiger partial charge < -0.3 is 19.5 Å². The molecule has 2 unspecified atom stereocenters. The number of hydrogen-bond acceptors (Lipinski definition) is 4. The molecule has 3 rings (SSSR count). The molecule has 0 spiro atoms. The highest BCUT2D eigenvalue weighted by Crippen LogP contribution is 2.33. The van der Waals surface area contributed by atoms with Crippen molar-refractivity contribution in [3.05, 3.63) is 11.9 Å². The average molecular weight is 292 g/mol. The second-order valence-electron chi connectivity index (χ2n) is 6.61. The summed E-state index contributed by atoms with van der Waals surface area (Å²) in [6.07, 6.45) is 8.68. The van der Waals surface area contributed by atoms with Gasteiger partial charge in [-0.25, -0.2) is 4.98 Å². The van der Waals surface area contributed by atoms with E-state index in [1.807, 2.05) is 0 Å². The molecule has 0 saturated carbocycles. The van der Waals surface area contributed by atoms with E-state index in [4.69, 9.17) is 4.74 Å². The van der Waals surface area contributed by atoms with Crippen LogP contribution in [-0.2, 0) is 11.3 Å². The van der Waals surface area contributed by atoms with Crippen LogP contribution in [0, 0.1) is 6.92 Å². The Labute approximate surface area is 127 Å². The van der Waals surface area contributed by atoms with Crippen LogP contribution in [0.1, 0.15) is 37.8 Å². The molecular weight excluding hydrogens is 264 g/mol. The normalized spacial score (nSPS) is 29.6. The molecule has 2 saturated heterocycles. The van der Waals surface area contributed by atoms with Gasteiger partial charge in [0.05, 0.1) is 12.3 Å². The average Bonchev–Trinajstić information content (AvgIpc) is 2.77. The van der Waals surface area contributed by atoms with Gasteiger partial charge in [0.1, 0.15) is 0 Å². The molecule has 2 fully saturated rings. The van der Waals surface area contributed by atoms with Crippen molar-refractivity contribution in [1.82, 2.24) is 14.5 Å². The van der Waals surface area contributed by atoms with E-state index >= 15 is 0 Å². The molecule has 2 bridgehead atoms. The van der Waals surface area contributed by atoms with Crippen molar-refractivity contribution in [3.8, 4) is 0 Å². The third kappa shape index (κ3) is 3.24. The molecule has 3 heterocycles. The first kappa shape index (κ1) is 14.9. The molecule has 1 aromatic rings. The van der Waals surface area contributed by atoms with Crippen LogP contribution >= 0.6 is 0 Å². The monoisotopic (exact) mass is 292 g/mol. The maximum Gasteiger partial charge on any atom is 0.203 e. The fourth-order valence-electron chi connectivity index (χ4n) is 3.94. The van der Waals surface area contributed by atoms with Crippen LogP contribution < -0.4 is 5.32 Å². The second kappa shape index (κ2) is 6.36. The maximum atomic E-state index is 5.19. The first-order chi connectivity index (χ1) is 10.2. The van der Waals surface area contributed by atoms with Gasteiger partial charge in [0.2, 0.25) is 5.95 Å². The number of nitrogens with one attached hydrogen (secondary N) is 1. The zero-order chi connectivity index (χ0) is 14.8. The predicted octanol–water partition coefficient (Wildman–Crippen LogP) is 2.27. The summed E-state index contributed by atoms with van der Waals surface area (Å²) < 4.78 is 7.38. The van der Waals surface area contributed by atoms with E-state index in [2.05, 4.69) is 39.9 Å². The SMILES string of the molecule is COCCn1cc(C)nc1NC1CC2CCCC(C1)N2C. The van der Waals surface area contributed by atoms with Crippen molar-refractivity contribution in [1.29, 1.82) is 0 Å². The number of fused-ring (bicyclic) bond motifs is 2. The smallest absolute Gasteiger partial charge is 0.203 e. The van der Waals surface area contributed by atoms with Gasteiger partial charge in [-0.15, -0.1) is 0 Å². The molecule has 118 valence electrons. The number of aryl methyl sites for hydroxylation is 1. The number of aromatic nitrogens is 2. The third-order valence-corrected chi connectivity index (χ3v) is 5.11. The minimum absolute atomic E-state index is 0.555. The molecule has 5 nitrogen and oxygen atoms in total. The third-order valence-electron chi connectivity index (χ3n) is 5.11. The zero-order valence-electron chi connectivity index (χ0n) is 13.5. The Kier molecular flexibility index (Phi) is 4.50. The number of imidazole rings is 1. The van der Waals surface area contributed by atoms with Gasteiger partial charge in [0.15, 0.2) is 0 Å². The lowest BCUT2D eigenvalue weighted by atomic mass is 9.82. The lowest BCUT2D eigenvalue weighted by molar-refractivity contribution is 0.0606. The van der Waals surface area contributed by atoms with Crippen LogP contribution in [0.15, 0.2) is 6.20 Å². The number of anilines is 1. The van der Waals surface area contributed by atoms with Crippen molar-refractivity contribution in [3.63, 3.8) is 0 Å². The van der Waals surface area contributed by atoms with Gasteiger partial charge in [0.25, 0.3) is 0 Å². The van der Waals surface area contributed by atoms with E-state index in [-0.39, 0.29) is 0 Å². The highest BCUT2D eigenvalue weighted by Gasteiger charge is 2.36. The molecule has 0 aliphatic carbocycles. The molecule has 0 amide bonds. The number of hydrogen-bond donors (Lipinski definition) is 1. The largest absolute Gasteiger partial charge is 0.383 e. The molecular formula is C16H28N4O. The summed E-state index contributed by atoms with van der Waals surface area (Å²) in [5, 5.41) is 3.70. The Morgan fingerprint density at radius 2 is 2.05 bits per heavy atom. The van der Waals surface area contributed by atoms with Crippen LogP contribution in [-0.4, -0.2) is 53.3 Å². The summed E-state index contributed by atoms with van der Waals surface area (Å²) in [4.78, 5) is 7.25. The van der Waals surface area contributed by atoms with Crippen molar-refractivity contribution in [2.75, 3.05) is 26.1 Å². The molecule has 1 N–H and O–H groups in total. The Bertz CT molecular complexity index is 459. The Morgan fingerprint density at radius 3 is 2.71 bits per heavy atom. The van der Waals surface area contributed by atoms with E-state index in [9.17, 15) is 0 Å². The number of nitrogens with zero attached hydrogens (tertiary/aromatic N) is 3. The van der Waals surface area contributed by atoms with Crippen molar-refractivity contribution < 1.29 is 4.74 Å². The topological polar surface area (TPSA) is 42.3 Å².